The van der Waals surface area contributed by atoms with Gasteiger partial charge in [0.15, 0.2) is 0 Å². The molecular weight excluding hydrogens is 160 g/mol. The van der Waals surface area contributed by atoms with Crippen LogP contribution in [0.5, 0.6) is 0 Å². The molecule has 0 heterocycles. The van der Waals surface area contributed by atoms with Gasteiger partial charge in [0.05, 0.1) is 18.8 Å². The van der Waals surface area contributed by atoms with Gasteiger partial charge in [0, 0.05) is 6.92 Å². The summed E-state index contributed by atoms with van der Waals surface area (Å²) in [7, 11) is 0. The third-order valence-electron chi connectivity index (χ3n) is 1.14. The Morgan fingerprint density at radius 2 is 2.00 bits per heavy atom. The van der Waals surface area contributed by atoms with Crippen molar-refractivity contribution in [3.63, 3.8) is 0 Å². The lowest BCUT2D eigenvalue weighted by molar-refractivity contribution is -0.145. The summed E-state index contributed by atoms with van der Waals surface area (Å²) < 4.78 is 9.82. The first-order valence-corrected chi connectivity index (χ1v) is 3.95. The fraction of sp³-hybridized carbons (Fsp3) is 0.875. The minimum absolute atomic E-state index is 0.163. The number of carbonyl (C=O) groups is 1. The lowest BCUT2D eigenvalue weighted by Crippen LogP contribution is -2.22. The highest BCUT2D eigenvalue weighted by Crippen LogP contribution is 1.94. The van der Waals surface area contributed by atoms with Crippen LogP contribution in [0, 0.1) is 0 Å². The van der Waals surface area contributed by atoms with Gasteiger partial charge in [-0.25, -0.2) is 0 Å². The average Bonchev–Trinajstić information content (AvgIpc) is 1.96. The Bertz CT molecular complexity index is 133. The maximum atomic E-state index is 10.4. The summed E-state index contributed by atoms with van der Waals surface area (Å²) in [5, 5.41) is 8.85. The van der Waals surface area contributed by atoms with Gasteiger partial charge in [0.25, 0.3) is 0 Å². The molecule has 0 aromatic rings. The van der Waals surface area contributed by atoms with Crippen molar-refractivity contribution in [3.8, 4) is 0 Å². The Morgan fingerprint density at radius 1 is 1.42 bits per heavy atom. The minimum atomic E-state index is -0.482. The minimum Gasteiger partial charge on any atom is -0.463 e. The van der Waals surface area contributed by atoms with E-state index >= 15 is 0 Å². The number of hydrogen-bond acceptors (Lipinski definition) is 4. The van der Waals surface area contributed by atoms with E-state index in [2.05, 4.69) is 0 Å². The molecule has 4 heteroatoms. The number of hydrogen-bond donors (Lipinski definition) is 1. The third kappa shape index (κ3) is 7.50. The zero-order valence-electron chi connectivity index (χ0n) is 7.74. The van der Waals surface area contributed by atoms with E-state index in [1.807, 2.05) is 0 Å². The molecule has 0 aliphatic rings. The van der Waals surface area contributed by atoms with Crippen molar-refractivity contribution in [2.24, 2.45) is 0 Å². The molecule has 12 heavy (non-hydrogen) atoms. The van der Waals surface area contributed by atoms with Crippen molar-refractivity contribution in [2.45, 2.75) is 33.0 Å². The van der Waals surface area contributed by atoms with E-state index in [1.165, 1.54) is 6.92 Å². The lowest BCUT2D eigenvalue weighted by atomic mass is 10.4. The van der Waals surface area contributed by atoms with Crippen molar-refractivity contribution in [2.75, 3.05) is 13.2 Å². The molecule has 0 saturated heterocycles. The molecular formula is C8H16O4. The molecule has 0 aliphatic carbocycles. The molecule has 4 nitrogen and oxygen atoms in total. The topological polar surface area (TPSA) is 55.8 Å². The predicted octanol–water partition coefficient (Wildman–Crippen LogP) is 0.335. The molecule has 0 radical (unpaired) electrons. The molecule has 0 aliphatic heterocycles. The van der Waals surface area contributed by atoms with Crippen molar-refractivity contribution in [3.05, 3.63) is 0 Å². The molecule has 0 amide bonds. The highest BCUT2D eigenvalue weighted by molar-refractivity contribution is 5.65. The Labute approximate surface area is 72.5 Å². The zero-order chi connectivity index (χ0) is 9.56. The van der Waals surface area contributed by atoms with Crippen LogP contribution in [0.2, 0.25) is 0 Å². The highest BCUT2D eigenvalue weighted by atomic mass is 16.6. The van der Waals surface area contributed by atoms with Crippen LogP contribution < -0.4 is 0 Å². The maximum absolute atomic E-state index is 10.4. The van der Waals surface area contributed by atoms with Crippen LogP contribution in [0.4, 0.5) is 0 Å². The van der Waals surface area contributed by atoms with Gasteiger partial charge in [0.2, 0.25) is 0 Å². The van der Waals surface area contributed by atoms with Gasteiger partial charge in [-0.05, 0) is 13.8 Å². The second-order valence-corrected chi connectivity index (χ2v) is 2.80. The van der Waals surface area contributed by atoms with Crippen LogP contribution in [0.3, 0.4) is 0 Å². The van der Waals surface area contributed by atoms with E-state index in [4.69, 9.17) is 14.6 Å². The van der Waals surface area contributed by atoms with Crippen molar-refractivity contribution in [1.82, 2.24) is 0 Å². The molecule has 0 saturated carbocycles. The second kappa shape index (κ2) is 5.97. The second-order valence-electron chi connectivity index (χ2n) is 2.80. The van der Waals surface area contributed by atoms with Crippen LogP contribution in [0.15, 0.2) is 0 Å². The van der Waals surface area contributed by atoms with E-state index in [-0.39, 0.29) is 25.3 Å². The number of aliphatic hydroxyl groups excluding tert-OH is 1. The van der Waals surface area contributed by atoms with Gasteiger partial charge in [-0.1, -0.05) is 0 Å². The quantitative estimate of drug-likeness (QED) is 0.613. The van der Waals surface area contributed by atoms with Crippen LogP contribution >= 0.6 is 0 Å². The van der Waals surface area contributed by atoms with Gasteiger partial charge in [-0.2, -0.15) is 0 Å². The Morgan fingerprint density at radius 3 is 2.42 bits per heavy atom. The number of rotatable bonds is 5. The number of ether oxygens (including phenoxy) is 2. The average molecular weight is 176 g/mol. The molecule has 0 bridgehead atoms. The maximum Gasteiger partial charge on any atom is 0.302 e. The molecule has 72 valence electrons. The SMILES string of the molecule is CC(=O)OCC(C)OCC(C)O. The molecule has 2 atom stereocenters. The molecule has 1 N–H and O–H groups in total. The lowest BCUT2D eigenvalue weighted by Gasteiger charge is -2.13. The summed E-state index contributed by atoms with van der Waals surface area (Å²) in [6.07, 6.45) is -0.645. The molecule has 0 fully saturated rings. The van der Waals surface area contributed by atoms with Gasteiger partial charge >= 0.3 is 5.97 Å². The monoisotopic (exact) mass is 176 g/mol. The summed E-state index contributed by atoms with van der Waals surface area (Å²) in [4.78, 5) is 10.4. The van der Waals surface area contributed by atoms with Crippen molar-refractivity contribution in [1.29, 1.82) is 0 Å². The Hall–Kier alpha value is -0.610. The largest absolute Gasteiger partial charge is 0.463 e. The smallest absolute Gasteiger partial charge is 0.302 e. The summed E-state index contributed by atoms with van der Waals surface area (Å²) in [5.41, 5.74) is 0. The van der Waals surface area contributed by atoms with Gasteiger partial charge in [0.1, 0.15) is 6.61 Å². The van der Waals surface area contributed by atoms with Crippen LogP contribution in [0.1, 0.15) is 20.8 Å². The molecule has 0 aromatic heterocycles. The van der Waals surface area contributed by atoms with Gasteiger partial charge < -0.3 is 14.6 Å². The first kappa shape index (κ1) is 11.4. The molecule has 2 unspecified atom stereocenters. The number of aliphatic hydroxyl groups is 1. The third-order valence-corrected chi connectivity index (χ3v) is 1.14. The Balaban J connectivity index is 3.33. The Kier molecular flexibility index (Phi) is 5.66. The summed E-state index contributed by atoms with van der Waals surface area (Å²) in [5.74, 6) is -0.317. The molecule has 0 rings (SSSR count). The number of esters is 1. The first-order chi connectivity index (χ1) is 5.52. The van der Waals surface area contributed by atoms with E-state index in [0.29, 0.717) is 0 Å². The van der Waals surface area contributed by atoms with Crippen LogP contribution in [-0.2, 0) is 14.3 Å². The zero-order valence-corrected chi connectivity index (χ0v) is 7.74. The summed E-state index contributed by atoms with van der Waals surface area (Å²) >= 11 is 0. The van der Waals surface area contributed by atoms with E-state index in [0.717, 1.165) is 0 Å². The van der Waals surface area contributed by atoms with Crippen LogP contribution in [-0.4, -0.2) is 36.5 Å². The van der Waals surface area contributed by atoms with Crippen molar-refractivity contribution < 1.29 is 19.4 Å². The molecule has 0 spiro atoms. The summed E-state index contributed by atoms with van der Waals surface area (Å²) in [6, 6.07) is 0. The normalized spacial score (nSPS) is 15.3. The van der Waals surface area contributed by atoms with Crippen LogP contribution in [0.25, 0.3) is 0 Å². The van der Waals surface area contributed by atoms with Gasteiger partial charge in [-0.15, -0.1) is 0 Å². The predicted molar refractivity (Wildman–Crippen MR) is 43.7 cm³/mol. The first-order valence-electron chi connectivity index (χ1n) is 3.95. The fourth-order valence-electron chi connectivity index (χ4n) is 0.586. The van der Waals surface area contributed by atoms with E-state index < -0.39 is 6.10 Å². The number of carbonyl (C=O) groups excluding carboxylic acids is 1. The van der Waals surface area contributed by atoms with E-state index in [9.17, 15) is 4.79 Å². The summed E-state index contributed by atoms with van der Waals surface area (Å²) in [6.45, 7) is 5.27. The van der Waals surface area contributed by atoms with Crippen molar-refractivity contribution >= 4 is 5.97 Å². The highest BCUT2D eigenvalue weighted by Gasteiger charge is 2.05. The fourth-order valence-corrected chi connectivity index (χ4v) is 0.586. The van der Waals surface area contributed by atoms with E-state index in [1.54, 1.807) is 13.8 Å². The standard InChI is InChI=1S/C8H16O4/c1-6(9)4-11-7(2)5-12-8(3)10/h6-7,9H,4-5H2,1-3H3. The van der Waals surface area contributed by atoms with Gasteiger partial charge in [-0.3, -0.25) is 4.79 Å². The molecule has 0 aromatic carbocycles.